The van der Waals surface area contributed by atoms with Crippen molar-refractivity contribution in [3.05, 3.63) is 53.6 Å². The monoisotopic (exact) mass is 604 g/mol. The van der Waals surface area contributed by atoms with E-state index in [9.17, 15) is 14.4 Å². The summed E-state index contributed by atoms with van der Waals surface area (Å²) in [6.45, 7) is 3.17. The summed E-state index contributed by atoms with van der Waals surface area (Å²) in [5, 5.41) is 23.0. The number of piperidine rings is 1. The maximum absolute atomic E-state index is 13.3. The zero-order valence-electron chi connectivity index (χ0n) is 24.0. The van der Waals surface area contributed by atoms with E-state index in [2.05, 4.69) is 25.7 Å². The molecular formula is C31H36N6O5S. The molecule has 3 N–H and O–H groups in total. The Morgan fingerprint density at radius 3 is 2.44 bits per heavy atom. The molecule has 0 spiro atoms. The summed E-state index contributed by atoms with van der Waals surface area (Å²) in [6, 6.07) is 13.5. The first-order valence-electron chi connectivity index (χ1n) is 15.0. The molecule has 0 atom stereocenters. The van der Waals surface area contributed by atoms with Crippen LogP contribution in [-0.2, 0) is 11.3 Å². The second-order valence-corrected chi connectivity index (χ2v) is 12.4. The summed E-state index contributed by atoms with van der Waals surface area (Å²) in [6.07, 6.45) is 7.35. The minimum atomic E-state index is -1.20. The molecule has 3 heterocycles. The van der Waals surface area contributed by atoms with Crippen molar-refractivity contribution in [2.75, 3.05) is 25.0 Å². The van der Waals surface area contributed by atoms with Crippen molar-refractivity contribution in [1.29, 1.82) is 0 Å². The number of hydrogen-bond donors (Lipinski definition) is 3. The lowest BCUT2D eigenvalue weighted by molar-refractivity contribution is -0.128. The van der Waals surface area contributed by atoms with Crippen molar-refractivity contribution in [3.8, 4) is 22.1 Å². The van der Waals surface area contributed by atoms with Gasteiger partial charge in [-0.1, -0.05) is 30.2 Å². The molecule has 1 aromatic heterocycles. The summed E-state index contributed by atoms with van der Waals surface area (Å²) in [5.41, 5.74) is 2.11. The first-order valence-corrected chi connectivity index (χ1v) is 15.8. The average molecular weight is 605 g/mol. The first-order chi connectivity index (χ1) is 20.9. The standard InChI is InChI=1S/C31H36N6O5S/c38-27-6-3-15-37(27)19-22-8-7-21(28(39)32-23-13-16-36(17-14-23)24-4-1-2-5-24)18-26(22)42-25-11-9-20(10-12-25)29-34-35-30(43-29)33-31(40)41/h7-12,18,23-24H,1-6,13-17,19H2,(H,32,39)(H,33,35)(H,40,41). The average Bonchev–Trinajstić information content (AvgIpc) is 3.78. The fourth-order valence-corrected chi connectivity index (χ4v) is 6.96. The summed E-state index contributed by atoms with van der Waals surface area (Å²) in [4.78, 5) is 41.0. The second-order valence-electron chi connectivity index (χ2n) is 11.4. The van der Waals surface area contributed by atoms with E-state index in [4.69, 9.17) is 9.84 Å². The molecule has 2 aliphatic heterocycles. The number of amides is 3. The molecule has 43 heavy (non-hydrogen) atoms. The second kappa shape index (κ2) is 13.1. The summed E-state index contributed by atoms with van der Waals surface area (Å²) < 4.78 is 6.31. The first kappa shape index (κ1) is 29.1. The molecule has 3 aliphatic rings. The Balaban J connectivity index is 1.15. The van der Waals surface area contributed by atoms with Crippen molar-refractivity contribution in [2.24, 2.45) is 0 Å². The SMILES string of the molecule is O=C(O)Nc1nnc(-c2ccc(Oc3cc(C(=O)NC4CCN(C5CCCC5)CC4)ccc3CN3CCCC3=O)cc2)s1. The van der Waals surface area contributed by atoms with Gasteiger partial charge in [0.15, 0.2) is 0 Å². The molecule has 11 nitrogen and oxygen atoms in total. The highest BCUT2D eigenvalue weighted by Crippen LogP contribution is 2.32. The van der Waals surface area contributed by atoms with Crippen LogP contribution in [0, 0.1) is 0 Å². The number of carboxylic acid groups (broad SMARTS) is 1. The lowest BCUT2D eigenvalue weighted by Crippen LogP contribution is -2.47. The number of rotatable bonds is 9. The van der Waals surface area contributed by atoms with Crippen LogP contribution in [0.2, 0.25) is 0 Å². The van der Waals surface area contributed by atoms with E-state index < -0.39 is 6.09 Å². The molecule has 2 saturated heterocycles. The van der Waals surface area contributed by atoms with Crippen LogP contribution in [0.25, 0.3) is 10.6 Å². The predicted octanol–water partition coefficient (Wildman–Crippen LogP) is 5.35. The van der Waals surface area contributed by atoms with E-state index in [1.165, 1.54) is 25.7 Å². The molecule has 2 aromatic carbocycles. The molecule has 6 rings (SSSR count). The van der Waals surface area contributed by atoms with Crippen molar-refractivity contribution in [3.63, 3.8) is 0 Å². The van der Waals surface area contributed by atoms with Gasteiger partial charge in [-0.3, -0.25) is 14.9 Å². The zero-order valence-corrected chi connectivity index (χ0v) is 24.8. The number of carbonyl (C=O) groups excluding carboxylic acids is 2. The molecule has 0 unspecified atom stereocenters. The van der Waals surface area contributed by atoms with Crippen LogP contribution < -0.4 is 15.4 Å². The van der Waals surface area contributed by atoms with Crippen LogP contribution in [0.5, 0.6) is 11.5 Å². The van der Waals surface area contributed by atoms with Crippen LogP contribution in [-0.4, -0.2) is 74.7 Å². The molecule has 3 aromatic rings. The Bertz CT molecular complexity index is 1460. The number of carbonyl (C=O) groups is 3. The van der Waals surface area contributed by atoms with Crippen molar-refractivity contribution in [2.45, 2.75) is 70.0 Å². The number of ether oxygens (including phenoxy) is 1. The third kappa shape index (κ3) is 7.14. The van der Waals surface area contributed by atoms with E-state index in [1.54, 1.807) is 18.2 Å². The van der Waals surface area contributed by atoms with Gasteiger partial charge in [0.2, 0.25) is 11.0 Å². The topological polar surface area (TPSA) is 137 Å². The van der Waals surface area contributed by atoms with Crippen LogP contribution in [0.15, 0.2) is 42.5 Å². The summed E-state index contributed by atoms with van der Waals surface area (Å²) >= 11 is 1.13. The predicted molar refractivity (Wildman–Crippen MR) is 162 cm³/mol. The van der Waals surface area contributed by atoms with Crippen LogP contribution in [0.4, 0.5) is 9.93 Å². The normalized spacial score (nSPS) is 18.2. The molecule has 0 radical (unpaired) electrons. The zero-order chi connectivity index (χ0) is 29.8. The molecule has 1 aliphatic carbocycles. The number of likely N-dealkylation sites (tertiary alicyclic amines) is 2. The van der Waals surface area contributed by atoms with Gasteiger partial charge in [-0.25, -0.2) is 4.79 Å². The third-order valence-corrected chi connectivity index (χ3v) is 9.42. The molecule has 1 saturated carbocycles. The van der Waals surface area contributed by atoms with E-state index in [1.807, 2.05) is 29.2 Å². The quantitative estimate of drug-likeness (QED) is 0.298. The van der Waals surface area contributed by atoms with E-state index in [-0.39, 0.29) is 23.0 Å². The largest absolute Gasteiger partial charge is 0.465 e. The van der Waals surface area contributed by atoms with Gasteiger partial charge in [-0.2, -0.15) is 0 Å². The van der Waals surface area contributed by atoms with E-state index >= 15 is 0 Å². The number of hydrogen-bond acceptors (Lipinski definition) is 8. The Morgan fingerprint density at radius 2 is 1.74 bits per heavy atom. The van der Waals surface area contributed by atoms with E-state index in [0.29, 0.717) is 47.6 Å². The molecule has 12 heteroatoms. The smallest absolute Gasteiger partial charge is 0.411 e. The van der Waals surface area contributed by atoms with Gasteiger partial charge < -0.3 is 25.0 Å². The highest BCUT2D eigenvalue weighted by molar-refractivity contribution is 7.18. The maximum Gasteiger partial charge on any atom is 0.411 e. The number of benzene rings is 2. The van der Waals surface area contributed by atoms with Crippen LogP contribution in [0.3, 0.4) is 0 Å². The van der Waals surface area contributed by atoms with Gasteiger partial charge in [0, 0.05) is 61.4 Å². The van der Waals surface area contributed by atoms with Gasteiger partial charge in [0.1, 0.15) is 16.5 Å². The van der Waals surface area contributed by atoms with Gasteiger partial charge in [0.05, 0.1) is 0 Å². The maximum atomic E-state index is 13.3. The lowest BCUT2D eigenvalue weighted by atomic mass is 10.0. The fourth-order valence-electron chi connectivity index (χ4n) is 6.22. The number of anilines is 1. The number of aromatic nitrogens is 2. The summed E-state index contributed by atoms with van der Waals surface area (Å²) in [7, 11) is 0. The minimum absolute atomic E-state index is 0.120. The lowest BCUT2D eigenvalue weighted by Gasteiger charge is -2.36. The number of nitrogens with one attached hydrogen (secondary N) is 2. The van der Waals surface area contributed by atoms with Gasteiger partial charge >= 0.3 is 6.09 Å². The van der Waals surface area contributed by atoms with E-state index in [0.717, 1.165) is 54.8 Å². The molecular weight excluding hydrogens is 568 g/mol. The summed E-state index contributed by atoms with van der Waals surface area (Å²) in [5.74, 6) is 1.09. The van der Waals surface area contributed by atoms with Gasteiger partial charge in [0.25, 0.3) is 5.91 Å². The number of nitrogens with zero attached hydrogens (tertiary/aromatic N) is 4. The molecule has 0 bridgehead atoms. The minimum Gasteiger partial charge on any atom is -0.465 e. The molecule has 3 fully saturated rings. The van der Waals surface area contributed by atoms with Crippen molar-refractivity contribution >= 4 is 34.4 Å². The Hall–Kier alpha value is -4.03. The Kier molecular flexibility index (Phi) is 8.85. The molecule has 3 amide bonds. The van der Waals surface area contributed by atoms with Crippen molar-refractivity contribution in [1.82, 2.24) is 25.3 Å². The fraction of sp³-hybridized carbons (Fsp3) is 0.452. The molecule has 226 valence electrons. The van der Waals surface area contributed by atoms with Crippen molar-refractivity contribution < 1.29 is 24.2 Å². The van der Waals surface area contributed by atoms with Crippen LogP contribution in [0.1, 0.15) is 67.3 Å². The third-order valence-electron chi connectivity index (χ3n) is 8.54. The highest BCUT2D eigenvalue weighted by atomic mass is 32.1. The highest BCUT2D eigenvalue weighted by Gasteiger charge is 2.28. The van der Waals surface area contributed by atoms with Gasteiger partial charge in [-0.05, 0) is 68.5 Å². The van der Waals surface area contributed by atoms with Gasteiger partial charge in [-0.15, -0.1) is 10.2 Å². The Labute approximate surface area is 254 Å². The Morgan fingerprint density at radius 1 is 0.977 bits per heavy atom. The van der Waals surface area contributed by atoms with Crippen LogP contribution >= 0.6 is 11.3 Å².